The summed E-state index contributed by atoms with van der Waals surface area (Å²) in [6.45, 7) is 4.44. The van der Waals surface area contributed by atoms with Crippen molar-refractivity contribution in [1.82, 2.24) is 25.3 Å². The van der Waals surface area contributed by atoms with E-state index in [4.69, 9.17) is 27.0 Å². The first kappa shape index (κ1) is 28.5. The molecule has 1 spiro atoms. The van der Waals surface area contributed by atoms with Crippen LogP contribution in [0.3, 0.4) is 0 Å². The summed E-state index contributed by atoms with van der Waals surface area (Å²) in [7, 11) is 0. The van der Waals surface area contributed by atoms with Gasteiger partial charge in [0, 0.05) is 54.1 Å². The van der Waals surface area contributed by atoms with Crippen LogP contribution in [0.2, 0.25) is 0 Å². The van der Waals surface area contributed by atoms with E-state index in [1.165, 1.54) is 17.5 Å². The fourth-order valence-electron chi connectivity index (χ4n) is 6.60. The number of ether oxygens (including phenoxy) is 1. The van der Waals surface area contributed by atoms with Crippen LogP contribution in [-0.2, 0) is 10.5 Å². The number of fused-ring (bicyclic) bond motifs is 3. The number of nitrogen functional groups attached to an aromatic ring is 1. The number of hydrogen-bond donors (Lipinski definition) is 4. The smallest absolute Gasteiger partial charge is 0.323 e. The molecule has 42 heavy (non-hydrogen) atoms. The molecule has 13 nitrogen and oxygen atoms in total. The minimum absolute atomic E-state index is 0.0483. The molecule has 4 aliphatic heterocycles. The Morgan fingerprint density at radius 2 is 2.17 bits per heavy atom. The van der Waals surface area contributed by atoms with Crippen molar-refractivity contribution in [2.24, 2.45) is 11.6 Å². The van der Waals surface area contributed by atoms with Gasteiger partial charge in [-0.15, -0.1) is 23.1 Å². The fraction of sp³-hybridized carbons (Fsp3) is 0.577. The van der Waals surface area contributed by atoms with Crippen LogP contribution in [-0.4, -0.2) is 76.9 Å². The van der Waals surface area contributed by atoms with E-state index in [1.807, 2.05) is 11.8 Å². The number of nitriles is 2. The number of hydrazine groups is 1. The minimum atomic E-state index is -0.883. The number of anilines is 3. The van der Waals surface area contributed by atoms with Crippen molar-refractivity contribution in [3.8, 4) is 18.1 Å². The molecule has 0 aromatic carbocycles. The molecule has 3 atom stereocenters. The number of nitrogens with zero attached hydrogens (tertiary/aromatic N) is 8. The Labute approximate surface area is 251 Å². The van der Waals surface area contributed by atoms with Gasteiger partial charge in [0.1, 0.15) is 30.4 Å². The van der Waals surface area contributed by atoms with Crippen LogP contribution < -0.4 is 37.3 Å². The standard InChI is InChI=1S/C26H33FN12OS2/c1-15(18(30)9-33-32)39(6-4-28)23-34-22(35-24(36-23)40-14-25-3-2-5-38(25)10-16(27)7-25)37-12-26(13-37)20-17(8-29)21(31)42-19(20)11-41-26/h9,15-16,33H,2-3,5-7,10-14,30-32H2,1H3/b18-9-/t15?,16?,25-/m0/s1. The van der Waals surface area contributed by atoms with E-state index in [9.17, 15) is 14.9 Å². The maximum Gasteiger partial charge on any atom is 0.323 e. The van der Waals surface area contributed by atoms with Crippen molar-refractivity contribution >= 4 is 40.0 Å². The number of halogens is 1. The molecule has 7 N–H and O–H groups in total. The molecule has 0 radical (unpaired) electrons. The highest BCUT2D eigenvalue weighted by Gasteiger charge is 2.53. The first-order valence-electron chi connectivity index (χ1n) is 13.8. The fourth-order valence-corrected chi connectivity index (χ4v) is 9.41. The van der Waals surface area contributed by atoms with Gasteiger partial charge in [0.15, 0.2) is 0 Å². The molecule has 2 unspecified atom stereocenters. The van der Waals surface area contributed by atoms with Crippen LogP contribution in [0.15, 0.2) is 11.9 Å². The largest absolute Gasteiger partial charge is 0.461 e. The van der Waals surface area contributed by atoms with E-state index in [1.54, 1.807) is 16.7 Å². The summed E-state index contributed by atoms with van der Waals surface area (Å²) in [4.78, 5) is 21.0. The predicted octanol–water partition coefficient (Wildman–Crippen LogP) is 1.29. The molecular weight excluding hydrogens is 580 g/mol. The van der Waals surface area contributed by atoms with E-state index in [2.05, 4.69) is 32.4 Å². The number of thioether (sulfide) groups is 1. The lowest BCUT2D eigenvalue weighted by Crippen LogP contribution is -2.57. The van der Waals surface area contributed by atoms with Crippen LogP contribution in [0.5, 0.6) is 6.01 Å². The van der Waals surface area contributed by atoms with E-state index in [0.717, 1.165) is 35.6 Å². The van der Waals surface area contributed by atoms with Crippen LogP contribution in [0.25, 0.3) is 0 Å². The molecule has 3 fully saturated rings. The SMILES string of the molecule is CC(/C(N)=C/NN)N(CC#N)c1nc(OC[C@@]23CCCN2CC(F)C3)nc(N2CC3(C2)SCc2sc(N)c(C#N)c23)n1. The van der Waals surface area contributed by atoms with Gasteiger partial charge in [-0.05, 0) is 26.3 Å². The number of thiophene rings is 1. The van der Waals surface area contributed by atoms with Gasteiger partial charge in [-0.1, -0.05) is 0 Å². The number of nitrogens with two attached hydrogens (primary N) is 3. The zero-order valence-electron chi connectivity index (χ0n) is 23.2. The number of hydrogen-bond acceptors (Lipinski definition) is 15. The molecule has 4 aliphatic rings. The third-order valence-corrected chi connectivity index (χ3v) is 11.4. The van der Waals surface area contributed by atoms with Crippen molar-refractivity contribution in [2.45, 2.75) is 54.4 Å². The third kappa shape index (κ3) is 4.72. The van der Waals surface area contributed by atoms with Crippen molar-refractivity contribution in [3.63, 3.8) is 0 Å². The summed E-state index contributed by atoms with van der Waals surface area (Å²) < 4.78 is 20.3. The zero-order chi connectivity index (χ0) is 29.6. The first-order valence-corrected chi connectivity index (χ1v) is 15.6. The molecule has 0 saturated carbocycles. The molecule has 0 aliphatic carbocycles. The average molecular weight is 613 g/mol. The molecule has 222 valence electrons. The maximum atomic E-state index is 14.4. The van der Waals surface area contributed by atoms with Crippen molar-refractivity contribution < 1.29 is 9.13 Å². The highest BCUT2D eigenvalue weighted by molar-refractivity contribution is 8.00. The Balaban J connectivity index is 1.31. The third-order valence-electron chi connectivity index (χ3n) is 8.75. The summed E-state index contributed by atoms with van der Waals surface area (Å²) in [6, 6.07) is 4.08. The molecular formula is C26H33FN12OS2. The Morgan fingerprint density at radius 3 is 2.90 bits per heavy atom. The van der Waals surface area contributed by atoms with E-state index in [0.29, 0.717) is 48.3 Å². The number of alkyl halides is 1. The quantitative estimate of drug-likeness (QED) is 0.180. The summed E-state index contributed by atoms with van der Waals surface area (Å²) in [6.07, 6.45) is 2.82. The van der Waals surface area contributed by atoms with Crippen LogP contribution in [0.4, 0.5) is 21.3 Å². The van der Waals surface area contributed by atoms with Crippen LogP contribution in [0, 0.1) is 22.7 Å². The average Bonchev–Trinajstić information content (AvgIpc) is 3.67. The zero-order valence-corrected chi connectivity index (χ0v) is 24.8. The van der Waals surface area contributed by atoms with Gasteiger partial charge >= 0.3 is 6.01 Å². The van der Waals surface area contributed by atoms with Gasteiger partial charge in [-0.25, -0.2) is 4.39 Å². The molecule has 3 saturated heterocycles. The van der Waals surface area contributed by atoms with Crippen LogP contribution >= 0.6 is 23.1 Å². The summed E-state index contributed by atoms with van der Waals surface area (Å²) in [5.74, 6) is 6.86. The Morgan fingerprint density at radius 1 is 1.36 bits per heavy atom. The van der Waals surface area contributed by atoms with E-state index in [-0.39, 0.29) is 35.4 Å². The van der Waals surface area contributed by atoms with Crippen molar-refractivity contribution in [3.05, 3.63) is 27.9 Å². The van der Waals surface area contributed by atoms with E-state index < -0.39 is 12.2 Å². The number of aromatic nitrogens is 3. The number of nitrogens with one attached hydrogen (secondary N) is 1. The first-order chi connectivity index (χ1) is 20.2. The summed E-state index contributed by atoms with van der Waals surface area (Å²) >= 11 is 3.28. The van der Waals surface area contributed by atoms with Gasteiger partial charge in [0.05, 0.1) is 28.0 Å². The second-order valence-electron chi connectivity index (χ2n) is 11.2. The van der Waals surface area contributed by atoms with Gasteiger partial charge in [-0.3, -0.25) is 10.7 Å². The van der Waals surface area contributed by atoms with Gasteiger partial charge in [0.2, 0.25) is 11.9 Å². The predicted molar refractivity (Wildman–Crippen MR) is 159 cm³/mol. The second-order valence-corrected chi connectivity index (χ2v) is 13.7. The molecule has 6 heterocycles. The molecule has 2 aromatic heterocycles. The lowest BCUT2D eigenvalue weighted by molar-refractivity contribution is 0.107. The molecule has 2 aromatic rings. The second kappa shape index (κ2) is 10.9. The molecule has 6 rings (SSSR count). The summed E-state index contributed by atoms with van der Waals surface area (Å²) in [5, 5.41) is 20.0. The Kier molecular flexibility index (Phi) is 7.43. The molecule has 0 amide bonds. The normalized spacial score (nSPS) is 24.9. The minimum Gasteiger partial charge on any atom is -0.461 e. The van der Waals surface area contributed by atoms with Crippen LogP contribution in [0.1, 0.15) is 42.2 Å². The summed E-state index contributed by atoms with van der Waals surface area (Å²) in [5.41, 5.74) is 16.4. The highest BCUT2D eigenvalue weighted by Crippen LogP contribution is 2.57. The highest BCUT2D eigenvalue weighted by atomic mass is 32.2. The van der Waals surface area contributed by atoms with Gasteiger partial charge in [0.25, 0.3) is 0 Å². The Bertz CT molecular complexity index is 1480. The topological polar surface area (TPSA) is 195 Å². The monoisotopic (exact) mass is 612 g/mol. The Hall–Kier alpha value is -3.57. The van der Waals surface area contributed by atoms with Crippen molar-refractivity contribution in [2.75, 3.05) is 54.9 Å². The maximum absolute atomic E-state index is 14.4. The number of rotatable bonds is 9. The molecule has 0 bridgehead atoms. The van der Waals surface area contributed by atoms with Gasteiger partial charge < -0.3 is 31.4 Å². The molecule has 16 heteroatoms. The van der Waals surface area contributed by atoms with E-state index >= 15 is 0 Å². The van der Waals surface area contributed by atoms with Gasteiger partial charge in [-0.2, -0.15) is 25.5 Å². The van der Waals surface area contributed by atoms with Crippen molar-refractivity contribution in [1.29, 1.82) is 10.5 Å². The lowest BCUT2D eigenvalue weighted by Gasteiger charge is -2.47. The lowest BCUT2D eigenvalue weighted by atomic mass is 9.88.